The van der Waals surface area contributed by atoms with Gasteiger partial charge in [0.05, 0.1) is 18.1 Å². The highest BCUT2D eigenvalue weighted by atomic mass is 32.2. The highest BCUT2D eigenvalue weighted by Gasteiger charge is 2.38. The number of carbonyl (C=O) groups is 1. The van der Waals surface area contributed by atoms with Crippen molar-refractivity contribution in [1.82, 2.24) is 4.98 Å². The van der Waals surface area contributed by atoms with Gasteiger partial charge in [0, 0.05) is 21.4 Å². The Morgan fingerprint density at radius 1 is 1.58 bits per heavy atom. The molecular formula is C12H11NO2S4. The van der Waals surface area contributed by atoms with Crippen LogP contribution < -0.4 is 0 Å². The van der Waals surface area contributed by atoms with Crippen molar-refractivity contribution in [2.24, 2.45) is 5.92 Å². The van der Waals surface area contributed by atoms with Gasteiger partial charge in [-0.05, 0) is 23.7 Å². The minimum Gasteiger partial charge on any atom is -0.469 e. The maximum Gasteiger partial charge on any atom is 0.310 e. The lowest BCUT2D eigenvalue weighted by atomic mass is 9.91. The molecule has 0 amide bonds. The van der Waals surface area contributed by atoms with E-state index < -0.39 is 0 Å². The SMILES string of the molecule is COC(=O)C1CSc2[nH]c(=S)sc2C1c1cccs1. The summed E-state index contributed by atoms with van der Waals surface area (Å²) in [5, 5.41) is 3.14. The van der Waals surface area contributed by atoms with Crippen LogP contribution in [0.4, 0.5) is 0 Å². The maximum absolute atomic E-state index is 12.0. The van der Waals surface area contributed by atoms with Crippen LogP contribution in [0.15, 0.2) is 22.5 Å². The monoisotopic (exact) mass is 329 g/mol. The largest absolute Gasteiger partial charge is 0.469 e. The quantitative estimate of drug-likeness (QED) is 0.670. The first kappa shape index (κ1) is 13.4. The van der Waals surface area contributed by atoms with E-state index >= 15 is 0 Å². The van der Waals surface area contributed by atoms with E-state index in [0.29, 0.717) is 0 Å². The molecule has 0 radical (unpaired) electrons. The summed E-state index contributed by atoms with van der Waals surface area (Å²) in [5.41, 5.74) is 0. The molecule has 0 fully saturated rings. The molecular weight excluding hydrogens is 318 g/mol. The number of esters is 1. The number of fused-ring (bicyclic) bond motifs is 1. The molecule has 2 aromatic heterocycles. The van der Waals surface area contributed by atoms with Gasteiger partial charge in [0.1, 0.15) is 0 Å². The highest BCUT2D eigenvalue weighted by Crippen LogP contribution is 2.47. The smallest absolute Gasteiger partial charge is 0.310 e. The third-order valence-corrected chi connectivity index (χ3v) is 6.63. The summed E-state index contributed by atoms with van der Waals surface area (Å²) in [6, 6.07) is 4.09. The fourth-order valence-electron chi connectivity index (χ4n) is 2.24. The fourth-order valence-corrected chi connectivity index (χ4v) is 6.05. The van der Waals surface area contributed by atoms with E-state index in [1.807, 2.05) is 11.4 Å². The van der Waals surface area contributed by atoms with Crippen molar-refractivity contribution in [2.45, 2.75) is 10.9 Å². The normalized spacial score (nSPS) is 21.9. The minimum absolute atomic E-state index is 0.0710. The second-order valence-electron chi connectivity index (χ2n) is 4.14. The van der Waals surface area contributed by atoms with Gasteiger partial charge in [-0.1, -0.05) is 6.07 Å². The zero-order chi connectivity index (χ0) is 13.4. The van der Waals surface area contributed by atoms with E-state index in [9.17, 15) is 4.79 Å². The van der Waals surface area contributed by atoms with Gasteiger partial charge < -0.3 is 9.72 Å². The summed E-state index contributed by atoms with van der Waals surface area (Å²) < 4.78 is 5.73. The molecule has 7 heteroatoms. The van der Waals surface area contributed by atoms with E-state index in [1.54, 1.807) is 34.4 Å². The zero-order valence-electron chi connectivity index (χ0n) is 10.0. The summed E-state index contributed by atoms with van der Waals surface area (Å²) in [7, 11) is 1.45. The number of aromatic nitrogens is 1. The number of carbonyl (C=O) groups excluding carboxylic acids is 1. The van der Waals surface area contributed by atoms with E-state index in [4.69, 9.17) is 17.0 Å². The number of nitrogens with one attached hydrogen (secondary N) is 1. The Labute approximate surface area is 128 Å². The predicted octanol–water partition coefficient (Wildman–Crippen LogP) is 3.89. The number of thiophene rings is 1. The van der Waals surface area contributed by atoms with Crippen molar-refractivity contribution in [3.05, 3.63) is 31.2 Å². The van der Waals surface area contributed by atoms with E-state index in [-0.39, 0.29) is 17.8 Å². The molecule has 3 nitrogen and oxygen atoms in total. The molecule has 2 aromatic rings. The van der Waals surface area contributed by atoms with Gasteiger partial charge in [0.25, 0.3) is 0 Å². The second-order valence-corrected chi connectivity index (χ2v) is 7.87. The molecule has 3 heterocycles. The van der Waals surface area contributed by atoms with Gasteiger partial charge in [-0.3, -0.25) is 4.79 Å². The molecule has 100 valence electrons. The Kier molecular flexibility index (Phi) is 3.79. The third-order valence-electron chi connectivity index (χ3n) is 3.09. The van der Waals surface area contributed by atoms with Crippen molar-refractivity contribution in [1.29, 1.82) is 0 Å². The summed E-state index contributed by atoms with van der Waals surface area (Å²) in [5.74, 6) is 0.518. The first-order valence-electron chi connectivity index (χ1n) is 5.67. The van der Waals surface area contributed by atoms with Crippen molar-refractivity contribution in [3.63, 3.8) is 0 Å². The van der Waals surface area contributed by atoms with Crippen LogP contribution in [0.25, 0.3) is 0 Å². The molecule has 1 aliphatic heterocycles. The molecule has 2 unspecified atom stereocenters. The molecule has 1 aliphatic rings. The van der Waals surface area contributed by atoms with Crippen LogP contribution in [0, 0.1) is 9.87 Å². The van der Waals surface area contributed by atoms with Crippen LogP contribution in [0.1, 0.15) is 15.7 Å². The number of hydrogen-bond donors (Lipinski definition) is 1. The van der Waals surface area contributed by atoms with Crippen molar-refractivity contribution >= 4 is 52.6 Å². The Bertz CT molecular complexity index is 643. The van der Waals surface area contributed by atoms with Gasteiger partial charge in [0.15, 0.2) is 3.95 Å². The number of thioether (sulfide) groups is 1. The van der Waals surface area contributed by atoms with Crippen LogP contribution in [0.2, 0.25) is 0 Å². The Morgan fingerprint density at radius 2 is 2.42 bits per heavy atom. The molecule has 2 atom stereocenters. The number of methoxy groups -OCH3 is 1. The number of aromatic amines is 1. The summed E-state index contributed by atoms with van der Waals surface area (Å²) in [6.45, 7) is 0. The molecule has 0 spiro atoms. The van der Waals surface area contributed by atoms with Crippen molar-refractivity contribution in [2.75, 3.05) is 12.9 Å². The standard InChI is InChI=1S/C12H11NO2S4/c1-15-11(14)6-5-18-10-9(19-12(16)13-10)8(6)7-3-2-4-17-7/h2-4,6,8H,5H2,1H3,(H,13,16). The highest BCUT2D eigenvalue weighted by molar-refractivity contribution is 7.99. The number of thiazole rings is 1. The van der Waals surface area contributed by atoms with Crippen molar-refractivity contribution < 1.29 is 9.53 Å². The summed E-state index contributed by atoms with van der Waals surface area (Å²) >= 11 is 10.1. The average molecular weight is 329 g/mol. The first-order chi connectivity index (χ1) is 9.20. The Hall–Kier alpha value is -0.630. The molecule has 0 saturated carbocycles. The van der Waals surface area contributed by atoms with Gasteiger partial charge in [-0.2, -0.15) is 0 Å². The molecule has 3 rings (SSSR count). The topological polar surface area (TPSA) is 42.1 Å². The van der Waals surface area contributed by atoms with Gasteiger partial charge >= 0.3 is 5.97 Å². The summed E-state index contributed by atoms with van der Waals surface area (Å²) in [6.07, 6.45) is 0. The number of hydrogen-bond acceptors (Lipinski definition) is 6. The summed E-state index contributed by atoms with van der Waals surface area (Å²) in [4.78, 5) is 17.6. The Balaban J connectivity index is 2.10. The molecule has 19 heavy (non-hydrogen) atoms. The fraction of sp³-hybridized carbons (Fsp3) is 0.333. The average Bonchev–Trinajstić information content (AvgIpc) is 3.04. The van der Waals surface area contributed by atoms with Gasteiger partial charge in [-0.15, -0.1) is 34.4 Å². The van der Waals surface area contributed by atoms with Crippen LogP contribution >= 0.6 is 46.7 Å². The van der Waals surface area contributed by atoms with Crippen LogP contribution in [-0.2, 0) is 9.53 Å². The number of rotatable bonds is 2. The van der Waals surface area contributed by atoms with Gasteiger partial charge in [0.2, 0.25) is 0 Å². The molecule has 0 saturated heterocycles. The Morgan fingerprint density at radius 3 is 3.11 bits per heavy atom. The molecule has 1 N–H and O–H groups in total. The minimum atomic E-state index is -0.143. The van der Waals surface area contributed by atoms with E-state index in [2.05, 4.69) is 11.1 Å². The van der Waals surface area contributed by atoms with Crippen LogP contribution in [0.5, 0.6) is 0 Å². The lowest BCUT2D eigenvalue weighted by Crippen LogP contribution is -2.28. The lowest BCUT2D eigenvalue weighted by molar-refractivity contribution is -0.145. The third kappa shape index (κ3) is 2.40. The molecule has 0 bridgehead atoms. The lowest BCUT2D eigenvalue weighted by Gasteiger charge is -2.27. The van der Waals surface area contributed by atoms with Gasteiger partial charge in [-0.25, -0.2) is 0 Å². The number of ether oxygens (including phenoxy) is 1. The zero-order valence-corrected chi connectivity index (χ0v) is 13.3. The van der Waals surface area contributed by atoms with Crippen LogP contribution in [0.3, 0.4) is 0 Å². The van der Waals surface area contributed by atoms with Crippen molar-refractivity contribution in [3.8, 4) is 0 Å². The predicted molar refractivity (Wildman–Crippen MR) is 81.9 cm³/mol. The first-order valence-corrected chi connectivity index (χ1v) is 8.76. The van der Waals surface area contributed by atoms with E-state index in [0.717, 1.165) is 14.7 Å². The van der Waals surface area contributed by atoms with Crippen LogP contribution in [-0.4, -0.2) is 23.8 Å². The second kappa shape index (κ2) is 5.40. The van der Waals surface area contributed by atoms with E-state index in [1.165, 1.54) is 16.9 Å². The molecule has 0 aliphatic carbocycles. The molecule has 0 aromatic carbocycles. The maximum atomic E-state index is 12.0. The number of H-pyrrole nitrogens is 1.